The molecule has 0 spiro atoms. The van der Waals surface area contributed by atoms with E-state index in [-0.39, 0.29) is 17.7 Å². The molecule has 2 aromatic rings. The van der Waals surface area contributed by atoms with E-state index >= 15 is 0 Å². The minimum Gasteiger partial charge on any atom is -0.339 e. The minimum atomic E-state index is -0.164. The number of piperidine rings is 1. The van der Waals surface area contributed by atoms with Crippen molar-refractivity contribution in [2.24, 2.45) is 11.0 Å². The molecular weight excluding hydrogens is 385 g/mol. The molecule has 1 N–H and O–H groups in total. The third-order valence-electron chi connectivity index (χ3n) is 4.52. The molecule has 0 radical (unpaired) electrons. The lowest BCUT2D eigenvalue weighted by Crippen LogP contribution is -2.42. The average Bonchev–Trinajstić information content (AvgIpc) is 2.69. The first-order chi connectivity index (χ1) is 13.0. The zero-order chi connectivity index (χ0) is 19.2. The first-order valence-corrected chi connectivity index (χ1v) is 9.42. The largest absolute Gasteiger partial charge is 0.339 e. The molecule has 7 heteroatoms. The zero-order valence-electron chi connectivity index (χ0n) is 14.6. The fourth-order valence-corrected chi connectivity index (χ4v) is 3.30. The number of nitrogens with one attached hydrogen (secondary N) is 1. The van der Waals surface area contributed by atoms with E-state index in [4.69, 9.17) is 23.2 Å². The van der Waals surface area contributed by atoms with Gasteiger partial charge in [0.1, 0.15) is 0 Å². The van der Waals surface area contributed by atoms with Crippen molar-refractivity contribution < 1.29 is 9.59 Å². The Kier molecular flexibility index (Phi) is 6.48. The van der Waals surface area contributed by atoms with Crippen LogP contribution in [0.5, 0.6) is 0 Å². The molecule has 0 aromatic heterocycles. The van der Waals surface area contributed by atoms with Gasteiger partial charge in [0.25, 0.3) is 5.91 Å². The van der Waals surface area contributed by atoms with Gasteiger partial charge >= 0.3 is 0 Å². The molecule has 1 aliphatic rings. The van der Waals surface area contributed by atoms with Crippen molar-refractivity contribution in [3.8, 4) is 0 Å². The highest BCUT2D eigenvalue weighted by Crippen LogP contribution is 2.22. The molecule has 0 bridgehead atoms. The molecule has 5 nitrogen and oxygen atoms in total. The number of amides is 2. The van der Waals surface area contributed by atoms with Crippen molar-refractivity contribution in [2.45, 2.75) is 12.8 Å². The summed E-state index contributed by atoms with van der Waals surface area (Å²) in [6, 6.07) is 14.2. The van der Waals surface area contributed by atoms with Crippen molar-refractivity contribution in [2.75, 3.05) is 13.1 Å². The number of hydrogen-bond donors (Lipinski definition) is 1. The first kappa shape index (κ1) is 19.4. The number of halogens is 2. The predicted molar refractivity (Wildman–Crippen MR) is 107 cm³/mol. The second-order valence-corrected chi connectivity index (χ2v) is 7.18. The summed E-state index contributed by atoms with van der Waals surface area (Å²) in [4.78, 5) is 26.6. The van der Waals surface area contributed by atoms with Gasteiger partial charge < -0.3 is 4.90 Å². The van der Waals surface area contributed by atoms with Gasteiger partial charge in [0, 0.05) is 24.0 Å². The van der Waals surface area contributed by atoms with E-state index in [9.17, 15) is 9.59 Å². The standard InChI is InChI=1S/C20H19Cl2N3O2/c21-16-7-5-14(6-8-16)13-23-24-19(26)15-9-11-25(12-10-15)20(27)17-3-1-2-4-18(17)22/h1-8,13,15H,9-12H2,(H,24,26)/b23-13-. The smallest absolute Gasteiger partial charge is 0.255 e. The van der Waals surface area contributed by atoms with E-state index in [0.717, 1.165) is 5.56 Å². The number of carbonyl (C=O) groups is 2. The zero-order valence-corrected chi connectivity index (χ0v) is 16.1. The van der Waals surface area contributed by atoms with E-state index < -0.39 is 0 Å². The van der Waals surface area contributed by atoms with Crippen LogP contribution in [0.3, 0.4) is 0 Å². The highest BCUT2D eigenvalue weighted by atomic mass is 35.5. The summed E-state index contributed by atoms with van der Waals surface area (Å²) >= 11 is 11.9. The SMILES string of the molecule is O=C(N/N=C\c1ccc(Cl)cc1)C1CCN(C(=O)c2ccccc2Cl)CC1. The number of likely N-dealkylation sites (tertiary alicyclic amines) is 1. The molecule has 1 heterocycles. The summed E-state index contributed by atoms with van der Waals surface area (Å²) in [5, 5.41) is 5.09. The van der Waals surface area contributed by atoms with E-state index in [2.05, 4.69) is 10.5 Å². The van der Waals surface area contributed by atoms with Crippen LogP contribution in [0.25, 0.3) is 0 Å². The summed E-state index contributed by atoms with van der Waals surface area (Å²) < 4.78 is 0. The molecular formula is C20H19Cl2N3O2. The van der Waals surface area contributed by atoms with Gasteiger partial charge in [-0.3, -0.25) is 9.59 Å². The van der Waals surface area contributed by atoms with Crippen molar-refractivity contribution in [1.29, 1.82) is 0 Å². The topological polar surface area (TPSA) is 61.8 Å². The van der Waals surface area contributed by atoms with Gasteiger partial charge in [-0.15, -0.1) is 0 Å². The third-order valence-corrected chi connectivity index (χ3v) is 5.10. The molecule has 0 unspecified atom stereocenters. The average molecular weight is 404 g/mol. The second-order valence-electron chi connectivity index (χ2n) is 6.33. The molecule has 0 atom stereocenters. The molecule has 0 aliphatic carbocycles. The Morgan fingerprint density at radius 1 is 1.04 bits per heavy atom. The summed E-state index contributed by atoms with van der Waals surface area (Å²) in [6.07, 6.45) is 2.77. The third kappa shape index (κ3) is 5.08. The molecule has 0 saturated carbocycles. The van der Waals surface area contributed by atoms with Gasteiger partial charge in [0.2, 0.25) is 5.91 Å². The van der Waals surface area contributed by atoms with Crippen LogP contribution in [0.1, 0.15) is 28.8 Å². The number of benzene rings is 2. The van der Waals surface area contributed by atoms with Crippen LogP contribution in [0.4, 0.5) is 0 Å². The molecule has 140 valence electrons. The first-order valence-electron chi connectivity index (χ1n) is 8.67. The highest BCUT2D eigenvalue weighted by molar-refractivity contribution is 6.33. The molecule has 1 fully saturated rings. The van der Waals surface area contributed by atoms with Crippen molar-refractivity contribution in [3.05, 3.63) is 69.7 Å². The Balaban J connectivity index is 1.50. The van der Waals surface area contributed by atoms with Crippen LogP contribution in [0.15, 0.2) is 53.6 Å². The number of nitrogens with zero attached hydrogens (tertiary/aromatic N) is 2. The van der Waals surface area contributed by atoms with Crippen LogP contribution >= 0.6 is 23.2 Å². The van der Waals surface area contributed by atoms with Gasteiger partial charge in [-0.2, -0.15) is 5.10 Å². The molecule has 2 aromatic carbocycles. The predicted octanol–water partition coefficient (Wildman–Crippen LogP) is 4.00. The Hall–Kier alpha value is -2.37. The van der Waals surface area contributed by atoms with Crippen molar-refractivity contribution >= 4 is 41.2 Å². The molecule has 3 rings (SSSR count). The number of carbonyl (C=O) groups excluding carboxylic acids is 2. The second kappa shape index (κ2) is 9.02. The van der Waals surface area contributed by atoms with Gasteiger partial charge in [0.05, 0.1) is 16.8 Å². The van der Waals surface area contributed by atoms with Gasteiger partial charge in [-0.25, -0.2) is 5.43 Å². The van der Waals surface area contributed by atoms with E-state index in [1.54, 1.807) is 47.5 Å². The lowest BCUT2D eigenvalue weighted by molar-refractivity contribution is -0.126. The number of rotatable bonds is 4. The summed E-state index contributed by atoms with van der Waals surface area (Å²) in [6.45, 7) is 1.03. The minimum absolute atomic E-state index is 0.0970. The lowest BCUT2D eigenvalue weighted by Gasteiger charge is -2.31. The van der Waals surface area contributed by atoms with Gasteiger partial charge in [-0.05, 0) is 42.7 Å². The van der Waals surface area contributed by atoms with Crippen molar-refractivity contribution in [1.82, 2.24) is 10.3 Å². The van der Waals surface area contributed by atoms with Crippen LogP contribution in [0.2, 0.25) is 10.0 Å². The molecule has 1 aliphatic heterocycles. The molecule has 1 saturated heterocycles. The van der Waals surface area contributed by atoms with Crippen LogP contribution in [-0.4, -0.2) is 36.0 Å². The maximum Gasteiger partial charge on any atom is 0.255 e. The van der Waals surface area contributed by atoms with E-state index in [1.807, 2.05) is 12.1 Å². The monoisotopic (exact) mass is 403 g/mol. The van der Waals surface area contributed by atoms with Crippen LogP contribution in [-0.2, 0) is 4.79 Å². The number of hydrazone groups is 1. The van der Waals surface area contributed by atoms with Gasteiger partial charge in [-0.1, -0.05) is 47.5 Å². The van der Waals surface area contributed by atoms with E-state index in [0.29, 0.717) is 41.5 Å². The van der Waals surface area contributed by atoms with Crippen molar-refractivity contribution in [3.63, 3.8) is 0 Å². The quantitative estimate of drug-likeness (QED) is 0.619. The number of hydrogen-bond acceptors (Lipinski definition) is 3. The maximum absolute atomic E-state index is 12.6. The maximum atomic E-state index is 12.6. The Morgan fingerprint density at radius 3 is 2.37 bits per heavy atom. The summed E-state index contributed by atoms with van der Waals surface area (Å²) in [5.41, 5.74) is 3.92. The van der Waals surface area contributed by atoms with Crippen LogP contribution < -0.4 is 5.43 Å². The normalized spacial score (nSPS) is 15.1. The molecule has 2 amide bonds. The fourth-order valence-electron chi connectivity index (χ4n) is 2.96. The Morgan fingerprint density at radius 2 is 1.70 bits per heavy atom. The Bertz CT molecular complexity index is 845. The Labute approximate surface area is 168 Å². The highest BCUT2D eigenvalue weighted by Gasteiger charge is 2.28. The summed E-state index contributed by atoms with van der Waals surface area (Å²) in [5.74, 6) is -0.395. The van der Waals surface area contributed by atoms with Gasteiger partial charge in [0.15, 0.2) is 0 Å². The fraction of sp³-hybridized carbons (Fsp3) is 0.250. The lowest BCUT2D eigenvalue weighted by atomic mass is 9.95. The van der Waals surface area contributed by atoms with E-state index in [1.165, 1.54) is 0 Å². The molecule has 27 heavy (non-hydrogen) atoms. The summed E-state index contributed by atoms with van der Waals surface area (Å²) in [7, 11) is 0. The van der Waals surface area contributed by atoms with Crippen LogP contribution in [0, 0.1) is 5.92 Å².